The molecule has 6 nitrogen and oxygen atoms in total. The molecule has 0 radical (unpaired) electrons. The fourth-order valence-electron chi connectivity index (χ4n) is 2.74. The van der Waals surface area contributed by atoms with E-state index in [2.05, 4.69) is 5.32 Å². The highest BCUT2D eigenvalue weighted by atomic mass is 32.2. The molecule has 1 heterocycles. The van der Waals surface area contributed by atoms with Crippen LogP contribution in [0.1, 0.15) is 31.4 Å². The number of amides is 1. The van der Waals surface area contributed by atoms with E-state index in [4.69, 9.17) is 4.74 Å². The third-order valence-corrected chi connectivity index (χ3v) is 5.26. The highest BCUT2D eigenvalue weighted by Gasteiger charge is 2.36. The van der Waals surface area contributed by atoms with Gasteiger partial charge in [-0.05, 0) is 37.5 Å². The quantitative estimate of drug-likeness (QED) is 0.877. The van der Waals surface area contributed by atoms with E-state index in [1.54, 1.807) is 13.0 Å². The molecule has 1 saturated heterocycles. The molecular weight excluding hydrogens is 323 g/mol. The van der Waals surface area contributed by atoms with Gasteiger partial charge < -0.3 is 10.1 Å². The largest absolute Gasteiger partial charge is 0.494 e. The van der Waals surface area contributed by atoms with E-state index in [1.165, 1.54) is 23.5 Å². The maximum absolute atomic E-state index is 13.7. The summed E-state index contributed by atoms with van der Waals surface area (Å²) >= 11 is 0. The van der Waals surface area contributed by atoms with Gasteiger partial charge in [0.2, 0.25) is 15.9 Å². The summed E-state index contributed by atoms with van der Waals surface area (Å²) in [5.41, 5.74) is 0.584. The van der Waals surface area contributed by atoms with Crippen LogP contribution in [-0.2, 0) is 14.8 Å². The number of carbonyl (C=O) groups is 1. The molecule has 1 aromatic rings. The predicted molar refractivity (Wildman–Crippen MR) is 84.1 cm³/mol. The second-order valence-corrected chi connectivity index (χ2v) is 7.59. The molecule has 1 N–H and O–H groups in total. The number of sulfonamides is 1. The van der Waals surface area contributed by atoms with E-state index in [0.29, 0.717) is 24.9 Å². The zero-order chi connectivity index (χ0) is 17.2. The first-order valence-corrected chi connectivity index (χ1v) is 9.19. The molecule has 0 aliphatic carbocycles. The summed E-state index contributed by atoms with van der Waals surface area (Å²) in [6.07, 6.45) is 2.24. The molecule has 1 aromatic carbocycles. The first-order valence-electron chi connectivity index (χ1n) is 7.34. The van der Waals surface area contributed by atoms with Gasteiger partial charge in [-0.3, -0.25) is 4.79 Å². The number of rotatable bonds is 5. The van der Waals surface area contributed by atoms with Crippen LogP contribution in [0.5, 0.6) is 5.75 Å². The van der Waals surface area contributed by atoms with E-state index >= 15 is 0 Å². The number of ether oxygens (including phenoxy) is 1. The summed E-state index contributed by atoms with van der Waals surface area (Å²) in [7, 11) is -2.04. The van der Waals surface area contributed by atoms with Gasteiger partial charge in [-0.25, -0.2) is 12.8 Å². The Balaban J connectivity index is 2.09. The molecule has 2 atom stereocenters. The van der Waals surface area contributed by atoms with Crippen molar-refractivity contribution in [3.63, 3.8) is 0 Å². The summed E-state index contributed by atoms with van der Waals surface area (Å²) in [5, 5.41) is 2.75. The molecular formula is C15H21FN2O4S. The van der Waals surface area contributed by atoms with Crippen molar-refractivity contribution in [3.8, 4) is 5.75 Å². The fraction of sp³-hybridized carbons (Fsp3) is 0.533. The van der Waals surface area contributed by atoms with Crippen molar-refractivity contribution in [2.45, 2.75) is 31.8 Å². The average molecular weight is 344 g/mol. The Hall–Kier alpha value is -1.67. The number of benzene rings is 1. The number of hydrogen-bond donors (Lipinski definition) is 1. The molecule has 0 bridgehead atoms. The minimum Gasteiger partial charge on any atom is -0.494 e. The van der Waals surface area contributed by atoms with Gasteiger partial charge >= 0.3 is 0 Å². The lowest BCUT2D eigenvalue weighted by atomic mass is 10.1. The maximum atomic E-state index is 13.7. The number of nitrogens with zero attached hydrogens (tertiary/aromatic N) is 1. The molecule has 1 fully saturated rings. The standard InChI is InChI=1S/C15H21FN2O4S/c1-10(11-6-7-14(22-2)12(16)9-11)17-15(19)13-5-4-8-18(13)23(3,20)21/h6-7,9-10,13H,4-5,8H2,1-3H3,(H,17,19)/t10-,13+/m0/s1. The van der Waals surface area contributed by atoms with Gasteiger partial charge in [0.05, 0.1) is 19.4 Å². The average Bonchev–Trinajstić information content (AvgIpc) is 2.96. The second kappa shape index (κ2) is 6.84. The Morgan fingerprint density at radius 3 is 2.74 bits per heavy atom. The number of methoxy groups -OCH3 is 1. The predicted octanol–water partition coefficient (Wildman–Crippen LogP) is 1.44. The molecule has 1 aliphatic heterocycles. The minimum atomic E-state index is -3.42. The molecule has 8 heteroatoms. The van der Waals surface area contributed by atoms with E-state index in [-0.39, 0.29) is 11.7 Å². The number of halogens is 1. The summed E-state index contributed by atoms with van der Waals surface area (Å²) < 4.78 is 43.2. The SMILES string of the molecule is COc1ccc([C@H](C)NC(=O)[C@H]2CCCN2S(C)(=O)=O)cc1F. The van der Waals surface area contributed by atoms with E-state index in [0.717, 1.165) is 6.26 Å². The first kappa shape index (κ1) is 17.7. The third kappa shape index (κ3) is 4.00. The Morgan fingerprint density at radius 1 is 1.48 bits per heavy atom. The van der Waals surface area contributed by atoms with Crippen molar-refractivity contribution in [2.75, 3.05) is 19.9 Å². The fourth-order valence-corrected chi connectivity index (χ4v) is 3.87. The normalized spacial score (nSPS) is 20.3. The van der Waals surface area contributed by atoms with Gasteiger partial charge in [0.1, 0.15) is 6.04 Å². The van der Waals surface area contributed by atoms with Crippen LogP contribution in [0.4, 0.5) is 4.39 Å². The van der Waals surface area contributed by atoms with Crippen molar-refractivity contribution in [3.05, 3.63) is 29.6 Å². The molecule has 2 rings (SSSR count). The van der Waals surface area contributed by atoms with Gasteiger partial charge in [0.15, 0.2) is 11.6 Å². The smallest absolute Gasteiger partial charge is 0.238 e. The highest BCUT2D eigenvalue weighted by Crippen LogP contribution is 2.24. The monoisotopic (exact) mass is 344 g/mol. The van der Waals surface area contributed by atoms with Crippen molar-refractivity contribution in [1.29, 1.82) is 0 Å². The van der Waals surface area contributed by atoms with Crippen molar-refractivity contribution >= 4 is 15.9 Å². The van der Waals surface area contributed by atoms with E-state index in [1.807, 2.05) is 0 Å². The lowest BCUT2D eigenvalue weighted by molar-refractivity contribution is -0.124. The van der Waals surface area contributed by atoms with Gasteiger partial charge in [-0.2, -0.15) is 4.31 Å². The van der Waals surface area contributed by atoms with Crippen LogP contribution in [0.25, 0.3) is 0 Å². The van der Waals surface area contributed by atoms with Crippen LogP contribution < -0.4 is 10.1 Å². The van der Waals surface area contributed by atoms with Crippen LogP contribution in [0.2, 0.25) is 0 Å². The third-order valence-electron chi connectivity index (χ3n) is 3.97. The van der Waals surface area contributed by atoms with Crippen LogP contribution >= 0.6 is 0 Å². The van der Waals surface area contributed by atoms with Crippen LogP contribution in [0.3, 0.4) is 0 Å². The van der Waals surface area contributed by atoms with Crippen LogP contribution in [0, 0.1) is 5.82 Å². The lowest BCUT2D eigenvalue weighted by Crippen LogP contribution is -2.46. The Bertz CT molecular complexity index is 693. The summed E-state index contributed by atoms with van der Waals surface area (Å²) in [6.45, 7) is 2.07. The number of carbonyl (C=O) groups excluding carboxylic acids is 1. The van der Waals surface area contributed by atoms with E-state index < -0.39 is 27.9 Å². The number of hydrogen-bond acceptors (Lipinski definition) is 4. The summed E-state index contributed by atoms with van der Waals surface area (Å²) in [6, 6.07) is 3.31. The topological polar surface area (TPSA) is 75.7 Å². The first-order chi connectivity index (χ1) is 10.7. The molecule has 0 unspecified atom stereocenters. The van der Waals surface area contributed by atoms with Gasteiger partial charge in [-0.15, -0.1) is 0 Å². The maximum Gasteiger partial charge on any atom is 0.238 e. The summed E-state index contributed by atoms with van der Waals surface area (Å²) in [5.74, 6) is -0.743. The van der Waals surface area contributed by atoms with Gasteiger partial charge in [0, 0.05) is 6.54 Å². The molecule has 1 amide bonds. The Labute approximate surface area is 135 Å². The van der Waals surface area contributed by atoms with Crippen LogP contribution in [-0.4, -0.2) is 44.6 Å². The van der Waals surface area contributed by atoms with Crippen molar-refractivity contribution in [1.82, 2.24) is 9.62 Å². The lowest BCUT2D eigenvalue weighted by Gasteiger charge is -2.23. The van der Waals surface area contributed by atoms with Crippen molar-refractivity contribution in [2.24, 2.45) is 0 Å². The highest BCUT2D eigenvalue weighted by molar-refractivity contribution is 7.88. The second-order valence-electron chi connectivity index (χ2n) is 5.66. The minimum absolute atomic E-state index is 0.131. The zero-order valence-electron chi connectivity index (χ0n) is 13.4. The molecule has 23 heavy (non-hydrogen) atoms. The van der Waals surface area contributed by atoms with Gasteiger partial charge in [0.25, 0.3) is 0 Å². The molecule has 128 valence electrons. The summed E-state index contributed by atoms with van der Waals surface area (Å²) in [4.78, 5) is 12.4. The van der Waals surface area contributed by atoms with E-state index in [9.17, 15) is 17.6 Å². The number of nitrogens with one attached hydrogen (secondary N) is 1. The molecule has 0 aromatic heterocycles. The van der Waals surface area contributed by atoms with Gasteiger partial charge in [-0.1, -0.05) is 6.07 Å². The Kier molecular flexibility index (Phi) is 5.26. The molecule has 0 spiro atoms. The molecule has 0 saturated carbocycles. The molecule has 1 aliphatic rings. The zero-order valence-corrected chi connectivity index (χ0v) is 14.2. The van der Waals surface area contributed by atoms with Crippen LogP contribution in [0.15, 0.2) is 18.2 Å². The Morgan fingerprint density at radius 2 is 2.17 bits per heavy atom. The van der Waals surface area contributed by atoms with Crippen molar-refractivity contribution < 1.29 is 22.3 Å².